The van der Waals surface area contributed by atoms with Crippen LogP contribution in [0.2, 0.25) is 0 Å². The summed E-state index contributed by atoms with van der Waals surface area (Å²) in [5, 5.41) is 2.62. The van der Waals surface area contributed by atoms with Crippen molar-refractivity contribution >= 4 is 21.8 Å². The van der Waals surface area contributed by atoms with Gasteiger partial charge in [-0.1, -0.05) is 36.4 Å². The molecule has 0 spiro atoms. The molecule has 0 bridgehead atoms. The molecule has 0 radical (unpaired) electrons. The molecule has 19 heavy (non-hydrogen) atoms. The third-order valence-corrected chi connectivity index (χ3v) is 3.48. The monoisotopic (exact) mass is 251 g/mol. The van der Waals surface area contributed by atoms with E-state index in [2.05, 4.69) is 60.5 Å². The maximum atomic E-state index is 5.27. The number of hydrogen-bond donors (Lipinski definition) is 0. The van der Waals surface area contributed by atoms with Crippen molar-refractivity contribution in [1.82, 2.24) is 4.57 Å². The number of aryl methyl sites for hydroxylation is 1. The SMILES string of the molecule is C=COCCn1c2ccccc2c2cc(C)ccc21. The molecule has 3 aromatic rings. The van der Waals surface area contributed by atoms with Gasteiger partial charge in [-0.25, -0.2) is 0 Å². The molecule has 0 N–H and O–H groups in total. The number of hydrogen-bond acceptors (Lipinski definition) is 1. The van der Waals surface area contributed by atoms with E-state index in [0.717, 1.165) is 6.54 Å². The van der Waals surface area contributed by atoms with Gasteiger partial charge < -0.3 is 9.30 Å². The molecule has 0 aliphatic rings. The molecule has 0 saturated carbocycles. The second-order valence-electron chi connectivity index (χ2n) is 4.73. The largest absolute Gasteiger partial charge is 0.500 e. The summed E-state index contributed by atoms with van der Waals surface area (Å²) in [5.74, 6) is 0. The normalized spacial score (nSPS) is 11.0. The van der Waals surface area contributed by atoms with E-state index in [1.54, 1.807) is 0 Å². The molecular weight excluding hydrogens is 234 g/mol. The van der Waals surface area contributed by atoms with Crippen molar-refractivity contribution < 1.29 is 4.74 Å². The van der Waals surface area contributed by atoms with Gasteiger partial charge in [0.25, 0.3) is 0 Å². The molecule has 0 unspecified atom stereocenters. The van der Waals surface area contributed by atoms with Crippen LogP contribution in [0.5, 0.6) is 0 Å². The predicted octanol–water partition coefficient (Wildman–Crippen LogP) is 4.26. The minimum absolute atomic E-state index is 0.644. The zero-order valence-electron chi connectivity index (χ0n) is 11.1. The average molecular weight is 251 g/mol. The Hall–Kier alpha value is -2.22. The van der Waals surface area contributed by atoms with Crippen molar-refractivity contribution in [2.45, 2.75) is 13.5 Å². The van der Waals surface area contributed by atoms with Gasteiger partial charge >= 0.3 is 0 Å². The molecule has 0 atom stereocenters. The molecule has 2 heteroatoms. The van der Waals surface area contributed by atoms with Gasteiger partial charge in [0.15, 0.2) is 0 Å². The van der Waals surface area contributed by atoms with Crippen molar-refractivity contribution in [2.75, 3.05) is 6.61 Å². The Morgan fingerprint density at radius 2 is 1.89 bits per heavy atom. The lowest BCUT2D eigenvalue weighted by atomic mass is 10.1. The standard InChI is InChI=1S/C17H17NO/c1-3-19-11-10-18-16-7-5-4-6-14(16)15-12-13(2)8-9-17(15)18/h3-9,12H,1,10-11H2,2H3. The number of para-hydroxylation sites is 1. The first-order chi connectivity index (χ1) is 9.31. The highest BCUT2D eigenvalue weighted by molar-refractivity contribution is 6.08. The number of rotatable bonds is 4. The summed E-state index contributed by atoms with van der Waals surface area (Å²) in [4.78, 5) is 0. The Kier molecular flexibility index (Phi) is 3.00. The minimum atomic E-state index is 0.644. The molecule has 0 aliphatic heterocycles. The van der Waals surface area contributed by atoms with Gasteiger partial charge in [-0.05, 0) is 25.1 Å². The van der Waals surface area contributed by atoms with Crippen LogP contribution in [0, 0.1) is 6.92 Å². The van der Waals surface area contributed by atoms with E-state index in [4.69, 9.17) is 4.74 Å². The van der Waals surface area contributed by atoms with Crippen molar-refractivity contribution in [3.05, 3.63) is 60.9 Å². The van der Waals surface area contributed by atoms with Gasteiger partial charge in [0.2, 0.25) is 0 Å². The zero-order chi connectivity index (χ0) is 13.2. The van der Waals surface area contributed by atoms with Gasteiger partial charge in [0, 0.05) is 21.8 Å². The van der Waals surface area contributed by atoms with E-state index in [1.165, 1.54) is 33.6 Å². The van der Waals surface area contributed by atoms with Crippen LogP contribution in [-0.2, 0) is 11.3 Å². The van der Waals surface area contributed by atoms with Crippen molar-refractivity contribution in [2.24, 2.45) is 0 Å². The number of nitrogens with zero attached hydrogens (tertiary/aromatic N) is 1. The zero-order valence-corrected chi connectivity index (χ0v) is 11.1. The van der Waals surface area contributed by atoms with Crippen molar-refractivity contribution in [1.29, 1.82) is 0 Å². The smallest absolute Gasteiger partial charge is 0.105 e. The van der Waals surface area contributed by atoms with Crippen LogP contribution in [0.25, 0.3) is 21.8 Å². The highest BCUT2D eigenvalue weighted by Crippen LogP contribution is 2.29. The Morgan fingerprint density at radius 1 is 1.11 bits per heavy atom. The summed E-state index contributed by atoms with van der Waals surface area (Å²) in [5.41, 5.74) is 3.81. The molecule has 2 nitrogen and oxygen atoms in total. The maximum absolute atomic E-state index is 5.27. The third kappa shape index (κ3) is 1.99. The fraction of sp³-hybridized carbons (Fsp3) is 0.176. The Labute approximate surface area is 112 Å². The molecule has 96 valence electrons. The van der Waals surface area contributed by atoms with Crippen LogP contribution in [0.15, 0.2) is 55.3 Å². The second kappa shape index (κ2) is 4.81. The highest BCUT2D eigenvalue weighted by atomic mass is 16.5. The van der Waals surface area contributed by atoms with Gasteiger partial charge in [-0.15, -0.1) is 0 Å². The molecule has 3 rings (SSSR count). The van der Waals surface area contributed by atoms with E-state index >= 15 is 0 Å². The maximum Gasteiger partial charge on any atom is 0.105 e. The Bertz CT molecular complexity index is 739. The molecule has 0 aliphatic carbocycles. The fourth-order valence-electron chi connectivity index (χ4n) is 2.64. The summed E-state index contributed by atoms with van der Waals surface area (Å²) >= 11 is 0. The van der Waals surface area contributed by atoms with Gasteiger partial charge in [-0.2, -0.15) is 0 Å². The van der Waals surface area contributed by atoms with Crippen molar-refractivity contribution in [3.63, 3.8) is 0 Å². The second-order valence-corrected chi connectivity index (χ2v) is 4.73. The highest BCUT2D eigenvalue weighted by Gasteiger charge is 2.09. The first-order valence-corrected chi connectivity index (χ1v) is 6.51. The lowest BCUT2D eigenvalue weighted by Crippen LogP contribution is -2.03. The predicted molar refractivity (Wildman–Crippen MR) is 80.3 cm³/mol. The summed E-state index contributed by atoms with van der Waals surface area (Å²) in [7, 11) is 0. The van der Waals surface area contributed by atoms with E-state index in [9.17, 15) is 0 Å². The molecular formula is C17H17NO. The molecule has 0 amide bonds. The molecule has 1 heterocycles. The Morgan fingerprint density at radius 3 is 2.74 bits per heavy atom. The first kappa shape index (κ1) is 11.8. The van der Waals surface area contributed by atoms with Gasteiger partial charge in [-0.3, -0.25) is 0 Å². The molecule has 0 saturated heterocycles. The van der Waals surface area contributed by atoms with Gasteiger partial charge in [0.05, 0.1) is 12.8 Å². The minimum Gasteiger partial charge on any atom is -0.500 e. The molecule has 1 aromatic heterocycles. The number of fused-ring (bicyclic) bond motifs is 3. The van der Waals surface area contributed by atoms with Crippen molar-refractivity contribution in [3.8, 4) is 0 Å². The molecule has 0 fully saturated rings. The van der Waals surface area contributed by atoms with Crippen LogP contribution < -0.4 is 0 Å². The summed E-state index contributed by atoms with van der Waals surface area (Å²) in [6, 6.07) is 15.1. The summed E-state index contributed by atoms with van der Waals surface area (Å²) < 4.78 is 7.58. The quantitative estimate of drug-likeness (QED) is 0.499. The van der Waals surface area contributed by atoms with E-state index < -0.39 is 0 Å². The first-order valence-electron chi connectivity index (χ1n) is 6.51. The average Bonchev–Trinajstić information content (AvgIpc) is 2.73. The van der Waals surface area contributed by atoms with E-state index in [-0.39, 0.29) is 0 Å². The van der Waals surface area contributed by atoms with Crippen LogP contribution in [0.4, 0.5) is 0 Å². The number of aromatic nitrogens is 1. The van der Waals surface area contributed by atoms with Crippen LogP contribution in [-0.4, -0.2) is 11.2 Å². The fourth-order valence-corrected chi connectivity index (χ4v) is 2.64. The topological polar surface area (TPSA) is 14.2 Å². The third-order valence-electron chi connectivity index (χ3n) is 3.48. The number of benzene rings is 2. The van der Waals surface area contributed by atoms with Crippen LogP contribution in [0.1, 0.15) is 5.56 Å². The van der Waals surface area contributed by atoms with E-state index in [0.29, 0.717) is 6.61 Å². The molecule has 2 aromatic carbocycles. The lowest BCUT2D eigenvalue weighted by molar-refractivity contribution is 0.239. The van der Waals surface area contributed by atoms with Crippen LogP contribution in [0.3, 0.4) is 0 Å². The lowest BCUT2D eigenvalue weighted by Gasteiger charge is -2.07. The van der Waals surface area contributed by atoms with Crippen LogP contribution >= 0.6 is 0 Å². The number of ether oxygens (including phenoxy) is 1. The Balaban J connectivity index is 2.23. The summed E-state index contributed by atoms with van der Waals surface area (Å²) in [6.07, 6.45) is 1.50. The summed E-state index contributed by atoms with van der Waals surface area (Å²) in [6.45, 7) is 7.19. The van der Waals surface area contributed by atoms with E-state index in [1.807, 2.05) is 0 Å². The van der Waals surface area contributed by atoms with Gasteiger partial charge in [0.1, 0.15) is 6.61 Å².